The van der Waals surface area contributed by atoms with Crippen LogP contribution in [0.3, 0.4) is 0 Å². The molecule has 0 saturated heterocycles. The molecule has 0 spiro atoms. The molecule has 0 fully saturated rings. The van der Waals surface area contributed by atoms with E-state index in [2.05, 4.69) is 4.72 Å². The Hall–Kier alpha value is -2.23. The number of sulfonamides is 1. The van der Waals surface area contributed by atoms with E-state index in [1.165, 1.54) is 33.3 Å². The van der Waals surface area contributed by atoms with Gasteiger partial charge in [0.25, 0.3) is 15.7 Å². The summed E-state index contributed by atoms with van der Waals surface area (Å²) in [5.41, 5.74) is -0.187. The molecule has 2 aromatic rings. The number of ether oxygens (including phenoxy) is 2. The number of hydrogen-bond acceptors (Lipinski definition) is 6. The number of nitrogens with one attached hydrogen (secondary N) is 1. The fourth-order valence-electron chi connectivity index (χ4n) is 2.13. The number of rotatable bonds is 6. The van der Waals surface area contributed by atoms with E-state index in [-0.39, 0.29) is 37.7 Å². The van der Waals surface area contributed by atoms with E-state index in [4.69, 9.17) is 32.7 Å². The summed E-state index contributed by atoms with van der Waals surface area (Å²) >= 11 is 11.9. The highest BCUT2D eigenvalue weighted by molar-refractivity contribution is 7.92. The lowest BCUT2D eigenvalue weighted by atomic mass is 10.2. The lowest BCUT2D eigenvalue weighted by Crippen LogP contribution is -2.14. The smallest absolute Gasteiger partial charge is 0.275 e. The van der Waals surface area contributed by atoms with Crippen LogP contribution < -0.4 is 14.2 Å². The van der Waals surface area contributed by atoms with Crippen molar-refractivity contribution in [1.82, 2.24) is 0 Å². The first-order chi connectivity index (χ1) is 12.1. The molecule has 0 bridgehead atoms. The fourth-order valence-corrected chi connectivity index (χ4v) is 3.75. The van der Waals surface area contributed by atoms with Gasteiger partial charge in [0, 0.05) is 23.8 Å². The summed E-state index contributed by atoms with van der Waals surface area (Å²) in [6, 6.07) is 4.78. The molecule has 0 amide bonds. The van der Waals surface area contributed by atoms with Gasteiger partial charge in [-0.3, -0.25) is 14.8 Å². The molecular weight excluding hydrogens is 407 g/mol. The lowest BCUT2D eigenvalue weighted by molar-refractivity contribution is -0.385. The second kappa shape index (κ2) is 7.56. The average molecular weight is 421 g/mol. The van der Waals surface area contributed by atoms with E-state index in [9.17, 15) is 18.5 Å². The van der Waals surface area contributed by atoms with Crippen molar-refractivity contribution in [1.29, 1.82) is 0 Å². The van der Waals surface area contributed by atoms with Gasteiger partial charge in [0.1, 0.15) is 11.5 Å². The highest BCUT2D eigenvalue weighted by Crippen LogP contribution is 2.37. The molecule has 1 N–H and O–H groups in total. The highest BCUT2D eigenvalue weighted by Gasteiger charge is 2.24. The second-order valence-corrected chi connectivity index (χ2v) is 7.60. The first-order valence-electron chi connectivity index (χ1n) is 6.99. The van der Waals surface area contributed by atoms with E-state index < -0.39 is 20.6 Å². The van der Waals surface area contributed by atoms with Gasteiger partial charge in [-0.2, -0.15) is 0 Å². The van der Waals surface area contributed by atoms with E-state index in [0.29, 0.717) is 0 Å². The number of halogens is 2. The third-order valence-electron chi connectivity index (χ3n) is 3.52. The normalized spacial score (nSPS) is 11.1. The second-order valence-electron chi connectivity index (χ2n) is 5.10. The lowest BCUT2D eigenvalue weighted by Gasteiger charge is -2.14. The predicted octanol–water partition coefficient (Wildman–Crippen LogP) is 4.03. The van der Waals surface area contributed by atoms with Gasteiger partial charge < -0.3 is 9.47 Å². The number of nitro groups is 1. The Morgan fingerprint density at radius 1 is 1.04 bits per heavy atom. The first kappa shape index (κ1) is 20.1. The van der Waals surface area contributed by atoms with Crippen molar-refractivity contribution in [3.05, 3.63) is 50.0 Å². The summed E-state index contributed by atoms with van der Waals surface area (Å²) in [7, 11) is -1.49. The summed E-state index contributed by atoms with van der Waals surface area (Å²) < 4.78 is 37.8. The average Bonchev–Trinajstić information content (AvgIpc) is 2.57. The molecular formula is C15H14Cl2N2O6S. The third-order valence-corrected chi connectivity index (χ3v) is 5.55. The Bertz CT molecular complexity index is 979. The molecule has 0 atom stereocenters. The van der Waals surface area contributed by atoms with Crippen LogP contribution >= 0.6 is 23.2 Å². The maximum atomic E-state index is 12.7. The molecule has 0 radical (unpaired) electrons. The Morgan fingerprint density at radius 3 is 2.19 bits per heavy atom. The van der Waals surface area contributed by atoms with Crippen LogP contribution in [-0.4, -0.2) is 27.6 Å². The molecule has 140 valence electrons. The minimum Gasteiger partial charge on any atom is -0.495 e. The topological polar surface area (TPSA) is 108 Å². The van der Waals surface area contributed by atoms with Gasteiger partial charge in [0.05, 0.1) is 39.8 Å². The number of nitro benzene ring substituents is 1. The van der Waals surface area contributed by atoms with Crippen LogP contribution in [0.1, 0.15) is 5.56 Å². The van der Waals surface area contributed by atoms with Crippen molar-refractivity contribution >= 4 is 44.6 Å². The van der Waals surface area contributed by atoms with Crippen LogP contribution in [0, 0.1) is 17.0 Å². The van der Waals surface area contributed by atoms with Crippen molar-refractivity contribution < 1.29 is 22.8 Å². The van der Waals surface area contributed by atoms with Gasteiger partial charge in [-0.1, -0.05) is 23.2 Å². The van der Waals surface area contributed by atoms with Gasteiger partial charge in [0.15, 0.2) is 0 Å². The Morgan fingerprint density at radius 2 is 1.65 bits per heavy atom. The monoisotopic (exact) mass is 420 g/mol. The van der Waals surface area contributed by atoms with Gasteiger partial charge in [-0.25, -0.2) is 8.42 Å². The number of benzene rings is 2. The molecule has 2 rings (SSSR count). The van der Waals surface area contributed by atoms with Crippen LogP contribution in [0.5, 0.6) is 11.5 Å². The van der Waals surface area contributed by atoms with Crippen molar-refractivity contribution in [3.8, 4) is 11.5 Å². The summed E-state index contributed by atoms with van der Waals surface area (Å²) in [5.74, 6) is 0.366. The summed E-state index contributed by atoms with van der Waals surface area (Å²) in [5, 5.41) is 11.3. The standard InChI is InChI=1S/C15H14Cl2N2O6S/c1-8-10(16)4-9(5-13(8)19(20)21)26(22,23)18-12-7-14(24-2)11(17)6-15(12)25-3/h4-7,18H,1-3H3. The van der Waals surface area contributed by atoms with Crippen LogP contribution in [0.15, 0.2) is 29.2 Å². The van der Waals surface area contributed by atoms with Crippen LogP contribution in [0.25, 0.3) is 0 Å². The molecule has 0 aliphatic carbocycles. The molecule has 2 aromatic carbocycles. The van der Waals surface area contributed by atoms with Crippen LogP contribution in [0.4, 0.5) is 11.4 Å². The Kier molecular flexibility index (Phi) is 5.84. The minimum atomic E-state index is -4.20. The van der Waals surface area contributed by atoms with Crippen molar-refractivity contribution in [2.24, 2.45) is 0 Å². The van der Waals surface area contributed by atoms with E-state index in [1.54, 1.807) is 0 Å². The maximum absolute atomic E-state index is 12.7. The number of anilines is 1. The van der Waals surface area contributed by atoms with Gasteiger partial charge in [-0.05, 0) is 13.0 Å². The molecule has 0 heterocycles. The number of hydrogen-bond donors (Lipinski definition) is 1. The molecule has 26 heavy (non-hydrogen) atoms. The first-order valence-corrected chi connectivity index (χ1v) is 9.23. The largest absolute Gasteiger partial charge is 0.495 e. The van der Waals surface area contributed by atoms with Gasteiger partial charge >= 0.3 is 0 Å². The minimum absolute atomic E-state index is 0.0415. The maximum Gasteiger partial charge on any atom is 0.275 e. The number of nitrogens with zero attached hydrogens (tertiary/aromatic N) is 1. The van der Waals surface area contributed by atoms with Gasteiger partial charge in [-0.15, -0.1) is 0 Å². The number of methoxy groups -OCH3 is 2. The SMILES string of the molecule is COc1cc(NS(=O)(=O)c2cc(Cl)c(C)c([N+](=O)[O-])c2)c(OC)cc1Cl. The van der Waals surface area contributed by atoms with E-state index in [1.807, 2.05) is 0 Å². The zero-order chi connectivity index (χ0) is 19.6. The van der Waals surface area contributed by atoms with Crippen molar-refractivity contribution in [3.63, 3.8) is 0 Å². The molecule has 8 nitrogen and oxygen atoms in total. The van der Waals surface area contributed by atoms with Crippen molar-refractivity contribution in [2.75, 3.05) is 18.9 Å². The zero-order valence-electron chi connectivity index (χ0n) is 13.9. The summed E-state index contributed by atoms with van der Waals surface area (Å²) in [6.45, 7) is 1.43. The van der Waals surface area contributed by atoms with Crippen molar-refractivity contribution in [2.45, 2.75) is 11.8 Å². The third kappa shape index (κ3) is 3.95. The molecule has 11 heteroatoms. The molecule has 0 saturated carbocycles. The quantitative estimate of drug-likeness (QED) is 0.558. The molecule has 0 aliphatic rings. The zero-order valence-corrected chi connectivity index (χ0v) is 16.2. The fraction of sp³-hybridized carbons (Fsp3) is 0.200. The predicted molar refractivity (Wildman–Crippen MR) is 98.2 cm³/mol. The Labute approximate surface area is 159 Å². The molecule has 0 aromatic heterocycles. The molecule has 0 aliphatic heterocycles. The van der Waals surface area contributed by atoms with Crippen LogP contribution in [0.2, 0.25) is 10.0 Å². The highest BCUT2D eigenvalue weighted by atomic mass is 35.5. The molecule has 0 unspecified atom stereocenters. The van der Waals surface area contributed by atoms with Crippen LogP contribution in [-0.2, 0) is 10.0 Å². The van der Waals surface area contributed by atoms with E-state index >= 15 is 0 Å². The summed E-state index contributed by atoms with van der Waals surface area (Å²) in [4.78, 5) is 10.0. The van der Waals surface area contributed by atoms with E-state index in [0.717, 1.165) is 12.1 Å². The summed E-state index contributed by atoms with van der Waals surface area (Å²) in [6.07, 6.45) is 0. The van der Waals surface area contributed by atoms with Gasteiger partial charge in [0.2, 0.25) is 0 Å². The Balaban J connectivity index is 2.55.